The SMILES string of the molecule is C[C@H](Sc1ccc2ccccc2n1)C(=O)NC[C@H](C)c1ccccc1. The van der Waals surface area contributed by atoms with Crippen LogP contribution in [0.1, 0.15) is 25.3 Å². The number of para-hydroxylation sites is 1. The van der Waals surface area contributed by atoms with Crippen LogP contribution in [0.4, 0.5) is 0 Å². The summed E-state index contributed by atoms with van der Waals surface area (Å²) in [5, 5.41) is 4.85. The second-order valence-electron chi connectivity index (χ2n) is 6.16. The molecule has 2 aromatic carbocycles. The van der Waals surface area contributed by atoms with Gasteiger partial charge in [-0.05, 0) is 30.5 Å². The average Bonchev–Trinajstić information content (AvgIpc) is 2.66. The lowest BCUT2D eigenvalue weighted by atomic mass is 10.0. The summed E-state index contributed by atoms with van der Waals surface area (Å²) in [6.07, 6.45) is 0. The molecule has 128 valence electrons. The van der Waals surface area contributed by atoms with Gasteiger partial charge in [-0.25, -0.2) is 4.98 Å². The third-order valence-electron chi connectivity index (χ3n) is 4.19. The van der Waals surface area contributed by atoms with Crippen LogP contribution in [0.25, 0.3) is 10.9 Å². The van der Waals surface area contributed by atoms with E-state index in [1.165, 1.54) is 17.3 Å². The minimum Gasteiger partial charge on any atom is -0.355 e. The average molecular weight is 350 g/mol. The number of hydrogen-bond acceptors (Lipinski definition) is 3. The van der Waals surface area contributed by atoms with Gasteiger partial charge in [0, 0.05) is 11.9 Å². The van der Waals surface area contributed by atoms with Gasteiger partial charge >= 0.3 is 0 Å². The predicted molar refractivity (Wildman–Crippen MR) is 105 cm³/mol. The number of pyridine rings is 1. The molecule has 3 rings (SSSR count). The number of amides is 1. The van der Waals surface area contributed by atoms with E-state index in [1.54, 1.807) is 0 Å². The number of benzene rings is 2. The van der Waals surface area contributed by atoms with Gasteiger partial charge in [-0.1, -0.05) is 73.3 Å². The van der Waals surface area contributed by atoms with Crippen LogP contribution in [-0.2, 0) is 4.79 Å². The highest BCUT2D eigenvalue weighted by Crippen LogP contribution is 2.24. The highest BCUT2D eigenvalue weighted by Gasteiger charge is 2.16. The summed E-state index contributed by atoms with van der Waals surface area (Å²) in [5.41, 5.74) is 2.19. The molecular formula is C21H22N2OS. The molecule has 3 aromatic rings. The Morgan fingerprint density at radius 1 is 1.00 bits per heavy atom. The summed E-state index contributed by atoms with van der Waals surface area (Å²) < 4.78 is 0. The van der Waals surface area contributed by atoms with E-state index in [0.717, 1.165) is 15.9 Å². The summed E-state index contributed by atoms with van der Waals surface area (Å²) >= 11 is 1.49. The summed E-state index contributed by atoms with van der Waals surface area (Å²) in [6, 6.07) is 22.3. The first kappa shape index (κ1) is 17.5. The predicted octanol–water partition coefficient (Wildman–Crippen LogP) is 4.64. The standard InChI is InChI=1S/C21H22N2OS/c1-15(17-8-4-3-5-9-17)14-22-21(24)16(2)25-20-13-12-18-10-6-7-11-19(18)23-20/h3-13,15-16H,14H2,1-2H3,(H,22,24)/t15-,16-/m0/s1. The molecule has 0 saturated heterocycles. The molecule has 0 fully saturated rings. The molecular weight excluding hydrogens is 328 g/mol. The number of thioether (sulfide) groups is 1. The number of carbonyl (C=O) groups is 1. The van der Waals surface area contributed by atoms with Gasteiger partial charge < -0.3 is 5.32 Å². The maximum absolute atomic E-state index is 12.4. The van der Waals surface area contributed by atoms with E-state index in [4.69, 9.17) is 0 Å². The van der Waals surface area contributed by atoms with Crippen LogP contribution in [-0.4, -0.2) is 22.7 Å². The molecule has 1 heterocycles. The molecule has 3 nitrogen and oxygen atoms in total. The van der Waals surface area contributed by atoms with E-state index in [9.17, 15) is 4.79 Å². The van der Waals surface area contributed by atoms with Gasteiger partial charge in [-0.15, -0.1) is 0 Å². The molecule has 0 unspecified atom stereocenters. The lowest BCUT2D eigenvalue weighted by molar-refractivity contribution is -0.120. The minimum absolute atomic E-state index is 0.0442. The van der Waals surface area contributed by atoms with E-state index in [1.807, 2.05) is 61.5 Å². The van der Waals surface area contributed by atoms with E-state index in [0.29, 0.717) is 12.5 Å². The molecule has 2 atom stereocenters. The molecule has 1 aromatic heterocycles. The maximum atomic E-state index is 12.4. The number of nitrogens with zero attached hydrogens (tertiary/aromatic N) is 1. The summed E-state index contributed by atoms with van der Waals surface area (Å²) in [6.45, 7) is 4.68. The highest BCUT2D eigenvalue weighted by atomic mass is 32.2. The van der Waals surface area contributed by atoms with Gasteiger partial charge in [-0.3, -0.25) is 4.79 Å². The Kier molecular flexibility index (Phi) is 5.71. The van der Waals surface area contributed by atoms with Gasteiger partial charge in [-0.2, -0.15) is 0 Å². The Balaban J connectivity index is 1.56. The number of hydrogen-bond donors (Lipinski definition) is 1. The maximum Gasteiger partial charge on any atom is 0.233 e. The normalized spacial score (nSPS) is 13.4. The lowest BCUT2D eigenvalue weighted by Gasteiger charge is -2.16. The zero-order valence-corrected chi connectivity index (χ0v) is 15.3. The molecule has 25 heavy (non-hydrogen) atoms. The van der Waals surface area contributed by atoms with Crippen LogP contribution in [0.5, 0.6) is 0 Å². The van der Waals surface area contributed by atoms with Crippen molar-refractivity contribution >= 4 is 28.6 Å². The monoisotopic (exact) mass is 350 g/mol. The van der Waals surface area contributed by atoms with Crippen LogP contribution in [0.3, 0.4) is 0 Å². The second-order valence-corrected chi connectivity index (χ2v) is 7.52. The van der Waals surface area contributed by atoms with Crippen LogP contribution in [0, 0.1) is 0 Å². The summed E-state index contributed by atoms with van der Waals surface area (Å²) in [5.74, 6) is 0.337. The van der Waals surface area contributed by atoms with Crippen LogP contribution in [0.15, 0.2) is 71.8 Å². The van der Waals surface area contributed by atoms with Gasteiger partial charge in [0.25, 0.3) is 0 Å². The fourth-order valence-electron chi connectivity index (χ4n) is 2.64. The molecule has 0 aliphatic carbocycles. The Morgan fingerprint density at radius 3 is 2.52 bits per heavy atom. The molecule has 0 spiro atoms. The number of rotatable bonds is 6. The number of carbonyl (C=O) groups excluding carboxylic acids is 1. The smallest absolute Gasteiger partial charge is 0.233 e. The van der Waals surface area contributed by atoms with Gasteiger partial charge in [0.1, 0.15) is 0 Å². The van der Waals surface area contributed by atoms with Gasteiger partial charge in [0.15, 0.2) is 0 Å². The Labute approximate surface area is 152 Å². The fraction of sp³-hybridized carbons (Fsp3) is 0.238. The summed E-state index contributed by atoms with van der Waals surface area (Å²) in [4.78, 5) is 17.0. The highest BCUT2D eigenvalue weighted by molar-refractivity contribution is 8.00. The van der Waals surface area contributed by atoms with Crippen molar-refractivity contribution in [2.24, 2.45) is 0 Å². The Morgan fingerprint density at radius 2 is 1.72 bits per heavy atom. The fourth-order valence-corrected chi connectivity index (χ4v) is 3.49. The van der Waals surface area contributed by atoms with Crippen molar-refractivity contribution in [2.45, 2.75) is 30.0 Å². The van der Waals surface area contributed by atoms with Crippen molar-refractivity contribution in [2.75, 3.05) is 6.54 Å². The third kappa shape index (κ3) is 4.60. The molecule has 0 aliphatic rings. The summed E-state index contributed by atoms with van der Waals surface area (Å²) in [7, 11) is 0. The van der Waals surface area contributed by atoms with Gasteiger partial charge in [0.05, 0.1) is 15.8 Å². The van der Waals surface area contributed by atoms with Crippen LogP contribution in [0.2, 0.25) is 0 Å². The van der Waals surface area contributed by atoms with Crippen molar-refractivity contribution in [3.05, 3.63) is 72.3 Å². The van der Waals surface area contributed by atoms with Crippen molar-refractivity contribution in [1.82, 2.24) is 10.3 Å². The number of fused-ring (bicyclic) bond motifs is 1. The van der Waals surface area contributed by atoms with Gasteiger partial charge in [0.2, 0.25) is 5.91 Å². The van der Waals surface area contributed by atoms with E-state index in [-0.39, 0.29) is 11.2 Å². The zero-order chi connectivity index (χ0) is 17.6. The lowest BCUT2D eigenvalue weighted by Crippen LogP contribution is -2.33. The number of nitrogens with one attached hydrogen (secondary N) is 1. The first-order valence-electron chi connectivity index (χ1n) is 8.48. The van der Waals surface area contributed by atoms with E-state index in [2.05, 4.69) is 29.4 Å². The Bertz CT molecular complexity index is 851. The quantitative estimate of drug-likeness (QED) is 0.659. The molecule has 0 saturated carbocycles. The first-order valence-corrected chi connectivity index (χ1v) is 9.36. The minimum atomic E-state index is -0.184. The second kappa shape index (κ2) is 8.17. The number of aromatic nitrogens is 1. The van der Waals surface area contributed by atoms with Crippen molar-refractivity contribution in [3.8, 4) is 0 Å². The van der Waals surface area contributed by atoms with E-state index < -0.39 is 0 Å². The van der Waals surface area contributed by atoms with Crippen molar-refractivity contribution in [1.29, 1.82) is 0 Å². The van der Waals surface area contributed by atoms with E-state index >= 15 is 0 Å². The molecule has 0 radical (unpaired) electrons. The topological polar surface area (TPSA) is 42.0 Å². The first-order chi connectivity index (χ1) is 12.1. The Hall–Kier alpha value is -2.33. The largest absolute Gasteiger partial charge is 0.355 e. The zero-order valence-electron chi connectivity index (χ0n) is 14.5. The molecule has 1 amide bonds. The molecule has 1 N–H and O–H groups in total. The van der Waals surface area contributed by atoms with Crippen molar-refractivity contribution in [3.63, 3.8) is 0 Å². The van der Waals surface area contributed by atoms with Crippen LogP contribution >= 0.6 is 11.8 Å². The third-order valence-corrected chi connectivity index (χ3v) is 5.23. The van der Waals surface area contributed by atoms with Crippen molar-refractivity contribution < 1.29 is 4.79 Å². The molecule has 0 aliphatic heterocycles. The molecule has 0 bridgehead atoms. The van der Waals surface area contributed by atoms with Crippen LogP contribution < -0.4 is 5.32 Å². The molecule has 4 heteroatoms.